The van der Waals surface area contributed by atoms with Gasteiger partial charge in [-0.3, -0.25) is 4.79 Å². The number of oxazole rings is 1. The van der Waals surface area contributed by atoms with Crippen LogP contribution < -0.4 is 5.32 Å². The molecule has 0 atom stereocenters. The Morgan fingerprint density at radius 1 is 1.04 bits per heavy atom. The summed E-state index contributed by atoms with van der Waals surface area (Å²) < 4.78 is 5.79. The summed E-state index contributed by atoms with van der Waals surface area (Å²) >= 11 is 7.50. The maximum Gasteiger partial charge on any atom is 0.234 e. The van der Waals surface area contributed by atoms with E-state index in [1.165, 1.54) is 11.8 Å². The summed E-state index contributed by atoms with van der Waals surface area (Å²) in [6.07, 6.45) is 0. The molecule has 0 aliphatic carbocycles. The lowest BCUT2D eigenvalue weighted by molar-refractivity contribution is -0.113. The van der Waals surface area contributed by atoms with Gasteiger partial charge in [-0.25, -0.2) is 4.98 Å². The zero-order valence-corrected chi connectivity index (χ0v) is 15.8. The summed E-state index contributed by atoms with van der Waals surface area (Å²) in [7, 11) is 0. The first-order chi connectivity index (χ1) is 13.2. The largest absolute Gasteiger partial charge is 0.436 e. The second-order valence-corrected chi connectivity index (χ2v) is 7.35. The maximum atomic E-state index is 12.2. The van der Waals surface area contributed by atoms with Crippen LogP contribution in [0.1, 0.15) is 0 Å². The average molecular weight is 395 g/mol. The highest BCUT2D eigenvalue weighted by Gasteiger charge is 2.10. The van der Waals surface area contributed by atoms with E-state index in [4.69, 9.17) is 16.0 Å². The second-order valence-electron chi connectivity index (χ2n) is 5.86. The number of nitrogens with zero attached hydrogens (tertiary/aromatic N) is 1. The fourth-order valence-corrected chi connectivity index (χ4v) is 3.50. The van der Waals surface area contributed by atoms with Crippen LogP contribution >= 0.6 is 23.4 Å². The zero-order valence-electron chi connectivity index (χ0n) is 14.2. The molecule has 3 aromatic carbocycles. The van der Waals surface area contributed by atoms with E-state index in [1.807, 2.05) is 54.6 Å². The quantitative estimate of drug-likeness (QED) is 0.429. The Kier molecular flexibility index (Phi) is 5.14. The van der Waals surface area contributed by atoms with Gasteiger partial charge in [0, 0.05) is 21.2 Å². The molecule has 0 fully saturated rings. The van der Waals surface area contributed by atoms with E-state index in [2.05, 4.69) is 10.3 Å². The molecule has 134 valence electrons. The van der Waals surface area contributed by atoms with Crippen LogP contribution in [0, 0.1) is 0 Å². The molecule has 6 heteroatoms. The van der Waals surface area contributed by atoms with Crippen molar-refractivity contribution in [3.05, 3.63) is 77.8 Å². The number of thioether (sulfide) groups is 1. The summed E-state index contributed by atoms with van der Waals surface area (Å²) in [6.45, 7) is 0. The highest BCUT2D eigenvalue weighted by molar-refractivity contribution is 8.00. The van der Waals surface area contributed by atoms with Gasteiger partial charge in [0.2, 0.25) is 11.8 Å². The number of carbonyl (C=O) groups is 1. The number of rotatable bonds is 5. The molecule has 0 saturated heterocycles. The van der Waals surface area contributed by atoms with E-state index in [0.29, 0.717) is 33.5 Å². The van der Waals surface area contributed by atoms with Crippen LogP contribution in [0.15, 0.2) is 82.1 Å². The molecule has 0 aliphatic rings. The standard InChI is InChI=1S/C21H15ClN2O2S/c22-15-9-10-19-18(12-15)24-21(26-19)14-5-4-6-16(11-14)23-20(25)13-27-17-7-2-1-3-8-17/h1-12H,13H2,(H,23,25). The molecular formula is C21H15ClN2O2S. The molecule has 1 N–H and O–H groups in total. The molecular weight excluding hydrogens is 380 g/mol. The smallest absolute Gasteiger partial charge is 0.234 e. The molecule has 4 nitrogen and oxygen atoms in total. The van der Waals surface area contributed by atoms with Crippen LogP contribution in [-0.4, -0.2) is 16.6 Å². The number of halogens is 1. The molecule has 0 unspecified atom stereocenters. The minimum absolute atomic E-state index is 0.0645. The Bertz CT molecular complexity index is 1100. The third kappa shape index (κ3) is 4.32. The van der Waals surface area contributed by atoms with Gasteiger partial charge in [0.05, 0.1) is 5.75 Å². The number of hydrogen-bond donors (Lipinski definition) is 1. The van der Waals surface area contributed by atoms with Crippen LogP contribution in [-0.2, 0) is 4.79 Å². The van der Waals surface area contributed by atoms with Gasteiger partial charge in [-0.15, -0.1) is 11.8 Å². The van der Waals surface area contributed by atoms with Crippen molar-refractivity contribution < 1.29 is 9.21 Å². The Morgan fingerprint density at radius 2 is 1.89 bits per heavy atom. The number of fused-ring (bicyclic) bond motifs is 1. The summed E-state index contributed by atoms with van der Waals surface area (Å²) in [4.78, 5) is 17.8. The van der Waals surface area contributed by atoms with Crippen LogP contribution in [0.5, 0.6) is 0 Å². The van der Waals surface area contributed by atoms with Gasteiger partial charge in [0.1, 0.15) is 5.52 Å². The van der Waals surface area contributed by atoms with E-state index in [-0.39, 0.29) is 5.91 Å². The number of amides is 1. The van der Waals surface area contributed by atoms with Crippen molar-refractivity contribution in [1.82, 2.24) is 4.98 Å². The van der Waals surface area contributed by atoms with Gasteiger partial charge in [-0.2, -0.15) is 0 Å². The van der Waals surface area contributed by atoms with Crippen molar-refractivity contribution in [2.45, 2.75) is 4.90 Å². The molecule has 0 spiro atoms. The molecule has 1 heterocycles. The van der Waals surface area contributed by atoms with Crippen LogP contribution in [0.2, 0.25) is 5.02 Å². The Balaban J connectivity index is 1.47. The fourth-order valence-electron chi connectivity index (χ4n) is 2.62. The van der Waals surface area contributed by atoms with Gasteiger partial charge >= 0.3 is 0 Å². The molecule has 0 radical (unpaired) electrons. The first kappa shape index (κ1) is 17.6. The van der Waals surface area contributed by atoms with Crippen molar-refractivity contribution in [2.75, 3.05) is 11.1 Å². The molecule has 0 bridgehead atoms. The van der Waals surface area contributed by atoms with Crippen molar-refractivity contribution in [3.8, 4) is 11.5 Å². The lowest BCUT2D eigenvalue weighted by Gasteiger charge is -2.06. The van der Waals surface area contributed by atoms with Gasteiger partial charge in [0.15, 0.2) is 5.58 Å². The summed E-state index contributed by atoms with van der Waals surface area (Å²) in [5.74, 6) is 0.766. The Morgan fingerprint density at radius 3 is 2.74 bits per heavy atom. The number of nitrogens with one attached hydrogen (secondary N) is 1. The predicted octanol–water partition coefficient (Wildman–Crippen LogP) is 5.88. The van der Waals surface area contributed by atoms with E-state index in [9.17, 15) is 4.79 Å². The van der Waals surface area contributed by atoms with Gasteiger partial charge in [0.25, 0.3) is 0 Å². The SMILES string of the molecule is O=C(CSc1ccccc1)Nc1cccc(-c2nc3cc(Cl)ccc3o2)c1. The molecule has 0 saturated carbocycles. The molecule has 4 rings (SSSR count). The predicted molar refractivity (Wildman–Crippen MR) is 110 cm³/mol. The molecule has 27 heavy (non-hydrogen) atoms. The van der Waals surface area contributed by atoms with Gasteiger partial charge in [-0.1, -0.05) is 35.9 Å². The molecule has 0 aliphatic heterocycles. The molecule has 4 aromatic rings. The van der Waals surface area contributed by atoms with Crippen molar-refractivity contribution in [2.24, 2.45) is 0 Å². The summed E-state index contributed by atoms with van der Waals surface area (Å²) in [6, 6.07) is 22.6. The maximum absolute atomic E-state index is 12.2. The van der Waals surface area contributed by atoms with Crippen molar-refractivity contribution in [3.63, 3.8) is 0 Å². The number of benzene rings is 3. The lowest BCUT2D eigenvalue weighted by atomic mass is 10.2. The van der Waals surface area contributed by atoms with E-state index in [1.54, 1.807) is 18.2 Å². The van der Waals surface area contributed by atoms with Crippen LogP contribution in [0.4, 0.5) is 5.69 Å². The Labute approximate surface area is 165 Å². The monoisotopic (exact) mass is 394 g/mol. The number of aromatic nitrogens is 1. The molecule has 1 amide bonds. The summed E-state index contributed by atoms with van der Waals surface area (Å²) in [5.41, 5.74) is 2.86. The highest BCUT2D eigenvalue weighted by Crippen LogP contribution is 2.28. The number of hydrogen-bond acceptors (Lipinski definition) is 4. The van der Waals surface area contributed by atoms with E-state index < -0.39 is 0 Å². The summed E-state index contributed by atoms with van der Waals surface area (Å²) in [5, 5.41) is 3.53. The third-order valence-corrected chi connectivity index (χ3v) is 5.10. The van der Waals surface area contributed by atoms with Gasteiger partial charge < -0.3 is 9.73 Å². The first-order valence-corrected chi connectivity index (χ1v) is 9.68. The normalized spacial score (nSPS) is 10.9. The number of anilines is 1. The topological polar surface area (TPSA) is 55.1 Å². The second kappa shape index (κ2) is 7.86. The van der Waals surface area contributed by atoms with Crippen LogP contribution in [0.3, 0.4) is 0 Å². The third-order valence-electron chi connectivity index (χ3n) is 3.86. The minimum atomic E-state index is -0.0645. The number of carbonyl (C=O) groups excluding carboxylic acids is 1. The Hall–Kier alpha value is -2.76. The van der Waals surface area contributed by atoms with E-state index in [0.717, 1.165) is 10.5 Å². The minimum Gasteiger partial charge on any atom is -0.436 e. The van der Waals surface area contributed by atoms with Crippen LogP contribution in [0.25, 0.3) is 22.6 Å². The van der Waals surface area contributed by atoms with Crippen molar-refractivity contribution >= 4 is 46.1 Å². The first-order valence-electron chi connectivity index (χ1n) is 8.32. The zero-order chi connectivity index (χ0) is 18.6. The molecule has 1 aromatic heterocycles. The fraction of sp³-hybridized carbons (Fsp3) is 0.0476. The lowest BCUT2D eigenvalue weighted by Crippen LogP contribution is -2.13. The van der Waals surface area contributed by atoms with Gasteiger partial charge in [-0.05, 0) is 48.5 Å². The van der Waals surface area contributed by atoms with Crippen molar-refractivity contribution in [1.29, 1.82) is 0 Å². The highest BCUT2D eigenvalue weighted by atomic mass is 35.5. The van der Waals surface area contributed by atoms with E-state index >= 15 is 0 Å². The average Bonchev–Trinajstić information content (AvgIpc) is 3.11.